The molecule has 0 spiro atoms. The summed E-state index contributed by atoms with van der Waals surface area (Å²) in [6.45, 7) is 12.2. The molecule has 0 bridgehead atoms. The highest BCUT2D eigenvalue weighted by Crippen LogP contribution is 2.46. The van der Waals surface area contributed by atoms with Crippen molar-refractivity contribution in [1.29, 1.82) is 0 Å². The number of rotatable bonds is 7. The predicted octanol–water partition coefficient (Wildman–Crippen LogP) is 7.39. The number of nitrogens with zero attached hydrogens (tertiary/aromatic N) is 4. The zero-order chi connectivity index (χ0) is 30.7. The van der Waals surface area contributed by atoms with Gasteiger partial charge < -0.3 is 14.7 Å². The molecule has 0 aliphatic carbocycles. The van der Waals surface area contributed by atoms with Crippen LogP contribution in [0.1, 0.15) is 62.0 Å². The molecule has 3 aromatic rings. The Kier molecular flexibility index (Phi) is 11.2. The summed E-state index contributed by atoms with van der Waals surface area (Å²) in [5, 5.41) is 10.7. The van der Waals surface area contributed by atoms with E-state index in [9.17, 15) is 9.90 Å². The van der Waals surface area contributed by atoms with Crippen LogP contribution in [0, 0.1) is 0 Å². The molecule has 2 heterocycles. The Hall–Kier alpha value is -2.81. The Bertz CT molecular complexity index is 1450. The number of carbonyl (C=O) groups is 1. The second-order valence-electron chi connectivity index (χ2n) is 12.0. The first kappa shape index (κ1) is 34.1. The van der Waals surface area contributed by atoms with Crippen LogP contribution in [0.4, 0.5) is 4.79 Å². The van der Waals surface area contributed by atoms with Gasteiger partial charge in [0.2, 0.25) is 0 Å². The molecule has 7 nitrogen and oxygen atoms in total. The van der Waals surface area contributed by atoms with Gasteiger partial charge in [-0.3, -0.25) is 14.8 Å². The lowest BCUT2D eigenvalue weighted by atomic mass is 9.86. The summed E-state index contributed by atoms with van der Waals surface area (Å²) in [6, 6.07) is 20.6. The summed E-state index contributed by atoms with van der Waals surface area (Å²) in [4.78, 5) is 25.9. The van der Waals surface area contributed by atoms with Gasteiger partial charge in [0.25, 0.3) is 0 Å². The van der Waals surface area contributed by atoms with E-state index in [4.69, 9.17) is 32.9 Å². The van der Waals surface area contributed by atoms with Crippen molar-refractivity contribution in [3.63, 3.8) is 0 Å². The first-order valence-corrected chi connectivity index (χ1v) is 15.6. The fourth-order valence-electron chi connectivity index (χ4n) is 5.76. The lowest BCUT2D eigenvalue weighted by molar-refractivity contribution is 0.108. The summed E-state index contributed by atoms with van der Waals surface area (Å²) in [7, 11) is 0. The third-order valence-corrected chi connectivity index (χ3v) is 8.65. The summed E-state index contributed by atoms with van der Waals surface area (Å²) in [5.74, 6) is 1.28. The Balaban J connectivity index is 0.00000442. The number of β-amino-alcohol motifs (C(OH)–C–C–N with tert-alkyl or cyclic N) is 1. The van der Waals surface area contributed by atoms with Crippen molar-refractivity contribution in [3.05, 3.63) is 99.0 Å². The molecule has 2 amide bonds. The number of aliphatic imine (C=N–C) groups is 1. The molecule has 44 heavy (non-hydrogen) atoms. The van der Waals surface area contributed by atoms with Crippen molar-refractivity contribution in [2.45, 2.75) is 45.2 Å². The number of piperazine rings is 1. The van der Waals surface area contributed by atoms with Crippen LogP contribution in [0.5, 0.6) is 5.75 Å². The number of hydrogen-bond donors (Lipinski definition) is 1. The molecular formula is C34H41Cl3N4O3. The van der Waals surface area contributed by atoms with Crippen molar-refractivity contribution >= 4 is 47.5 Å². The summed E-state index contributed by atoms with van der Waals surface area (Å²) in [5.41, 5.74) is 3.72. The molecule has 1 N–H and O–H groups in total. The molecule has 2 aliphatic heterocycles. The summed E-state index contributed by atoms with van der Waals surface area (Å²) >= 11 is 12.6. The molecule has 0 aromatic heterocycles. The third kappa shape index (κ3) is 7.35. The largest absolute Gasteiger partial charge is 0.493 e. The van der Waals surface area contributed by atoms with Gasteiger partial charge in [-0.05, 0) is 65.4 Å². The fraction of sp³-hybridized carbons (Fsp3) is 0.412. The predicted molar refractivity (Wildman–Crippen MR) is 181 cm³/mol. The van der Waals surface area contributed by atoms with E-state index in [0.29, 0.717) is 61.0 Å². The highest BCUT2D eigenvalue weighted by Gasteiger charge is 2.45. The maximum Gasteiger partial charge on any atom is 0.326 e. The average molecular weight is 660 g/mol. The van der Waals surface area contributed by atoms with Crippen LogP contribution in [0.3, 0.4) is 0 Å². The van der Waals surface area contributed by atoms with Crippen LogP contribution < -0.4 is 4.74 Å². The summed E-state index contributed by atoms with van der Waals surface area (Å²) < 4.78 is 6.22. The van der Waals surface area contributed by atoms with Crippen LogP contribution >= 0.6 is 35.6 Å². The highest BCUT2D eigenvalue weighted by atomic mass is 35.5. The van der Waals surface area contributed by atoms with Crippen molar-refractivity contribution in [3.8, 4) is 5.75 Å². The number of hydrogen-bond acceptors (Lipinski definition) is 5. The van der Waals surface area contributed by atoms with Gasteiger partial charge in [0, 0.05) is 42.8 Å². The van der Waals surface area contributed by atoms with Crippen LogP contribution in [-0.4, -0.2) is 77.6 Å². The van der Waals surface area contributed by atoms with Gasteiger partial charge in [-0.15, -0.1) is 12.4 Å². The van der Waals surface area contributed by atoms with E-state index in [-0.39, 0.29) is 36.5 Å². The molecule has 2 aliphatic rings. The second-order valence-corrected chi connectivity index (χ2v) is 12.9. The number of ether oxygens (including phenoxy) is 1. The first-order valence-electron chi connectivity index (χ1n) is 14.9. The second kappa shape index (κ2) is 14.5. The number of aliphatic hydroxyl groups excluding tert-OH is 1. The molecule has 1 saturated heterocycles. The monoisotopic (exact) mass is 658 g/mol. The van der Waals surface area contributed by atoms with Crippen molar-refractivity contribution in [1.82, 2.24) is 14.7 Å². The SMILES string of the molecule is CCOc1cc(C(C)(C)C)ccc1C1=N[C@@H](c2ccc(Cl)cc2)[C@@H](c2ccc(Cl)cc2)N1C(=O)N1CCN(CCO)CC1.Cl. The smallest absolute Gasteiger partial charge is 0.326 e. The highest BCUT2D eigenvalue weighted by molar-refractivity contribution is 6.30. The lowest BCUT2D eigenvalue weighted by Gasteiger charge is -2.39. The van der Waals surface area contributed by atoms with Gasteiger partial charge >= 0.3 is 6.03 Å². The zero-order valence-electron chi connectivity index (χ0n) is 25.7. The maximum atomic E-state index is 14.6. The third-order valence-electron chi connectivity index (χ3n) is 8.14. The molecular weight excluding hydrogens is 619 g/mol. The van der Waals surface area contributed by atoms with Crippen molar-refractivity contribution in [2.24, 2.45) is 4.99 Å². The first-order chi connectivity index (χ1) is 20.6. The standard InChI is InChI=1S/C34H40Cl2N4O3.ClH/c1-5-43-29-22-25(34(2,3)4)10-15-28(29)32-37-30(23-6-11-26(35)12-7-23)31(24-8-13-27(36)14-9-24)40(32)33(42)39-18-16-38(17-19-39)20-21-41;/h6-15,22,30-31,41H,5,16-21H2,1-4H3;1H/t30-,31+;/m0./s1. The minimum atomic E-state index is -0.423. The fourth-order valence-corrected chi connectivity index (χ4v) is 6.01. The van der Waals surface area contributed by atoms with E-state index >= 15 is 0 Å². The van der Waals surface area contributed by atoms with Crippen molar-refractivity contribution < 1.29 is 14.6 Å². The molecule has 5 rings (SSSR count). The van der Waals surface area contributed by atoms with E-state index in [1.165, 1.54) is 0 Å². The minimum Gasteiger partial charge on any atom is -0.493 e. The number of carbonyl (C=O) groups excluding carboxylic acids is 1. The van der Waals surface area contributed by atoms with Gasteiger partial charge in [0.1, 0.15) is 17.6 Å². The van der Waals surface area contributed by atoms with Gasteiger partial charge in [0.05, 0.1) is 24.8 Å². The number of benzene rings is 3. The Morgan fingerprint density at radius 3 is 2.07 bits per heavy atom. The number of amides is 2. The molecule has 2 atom stereocenters. The van der Waals surface area contributed by atoms with E-state index in [0.717, 1.165) is 22.3 Å². The van der Waals surface area contributed by atoms with Crippen LogP contribution in [0.15, 0.2) is 71.7 Å². The average Bonchev–Trinajstić information content (AvgIpc) is 3.38. The molecule has 3 aromatic carbocycles. The Morgan fingerprint density at radius 1 is 0.932 bits per heavy atom. The maximum absolute atomic E-state index is 14.6. The molecule has 0 unspecified atom stereocenters. The Morgan fingerprint density at radius 2 is 1.52 bits per heavy atom. The quantitative estimate of drug-likeness (QED) is 0.287. The van der Waals surface area contributed by atoms with Gasteiger partial charge in [-0.25, -0.2) is 4.79 Å². The van der Waals surface area contributed by atoms with Crippen molar-refractivity contribution in [2.75, 3.05) is 45.9 Å². The Labute approximate surface area is 276 Å². The molecule has 10 heteroatoms. The number of amidine groups is 1. The zero-order valence-corrected chi connectivity index (χ0v) is 28.0. The number of halogens is 3. The topological polar surface area (TPSA) is 68.6 Å². The van der Waals surface area contributed by atoms with Gasteiger partial charge in [0.15, 0.2) is 0 Å². The number of urea groups is 1. The van der Waals surface area contributed by atoms with Crippen LogP contribution in [0.2, 0.25) is 10.0 Å². The van der Waals surface area contributed by atoms with Crippen LogP contribution in [0.25, 0.3) is 0 Å². The van der Waals surface area contributed by atoms with E-state index < -0.39 is 6.04 Å². The number of aliphatic hydroxyl groups is 1. The van der Waals surface area contributed by atoms with Crippen LogP contribution in [-0.2, 0) is 5.41 Å². The van der Waals surface area contributed by atoms with E-state index in [1.54, 1.807) is 0 Å². The minimum absolute atomic E-state index is 0. The lowest BCUT2D eigenvalue weighted by Crippen LogP contribution is -2.54. The van der Waals surface area contributed by atoms with Gasteiger partial charge in [-0.1, -0.05) is 74.3 Å². The van der Waals surface area contributed by atoms with E-state index in [2.05, 4.69) is 37.8 Å². The molecule has 0 saturated carbocycles. The molecule has 1 fully saturated rings. The normalized spacial score (nSPS) is 19.0. The van der Waals surface area contributed by atoms with E-state index in [1.807, 2.05) is 71.3 Å². The summed E-state index contributed by atoms with van der Waals surface area (Å²) in [6.07, 6.45) is 0. The van der Waals surface area contributed by atoms with Gasteiger partial charge in [-0.2, -0.15) is 0 Å². The molecule has 236 valence electrons. The molecule has 0 radical (unpaired) electrons.